The number of hydrogen-bond acceptors (Lipinski definition) is 3. The lowest BCUT2D eigenvalue weighted by Crippen LogP contribution is -2.38. The van der Waals surface area contributed by atoms with Gasteiger partial charge in [0, 0.05) is 13.1 Å². The number of hydrogen-bond donors (Lipinski definition) is 1. The van der Waals surface area contributed by atoms with Crippen molar-refractivity contribution in [1.29, 1.82) is 0 Å². The first-order chi connectivity index (χ1) is 9.59. The van der Waals surface area contributed by atoms with E-state index in [9.17, 15) is 4.79 Å². The second kappa shape index (κ2) is 6.90. The van der Waals surface area contributed by atoms with Gasteiger partial charge in [-0.15, -0.1) is 0 Å². The third-order valence-corrected chi connectivity index (χ3v) is 3.80. The minimum Gasteiger partial charge on any atom is -0.483 e. The Kier molecular flexibility index (Phi) is 5.20. The van der Waals surface area contributed by atoms with Gasteiger partial charge in [-0.3, -0.25) is 4.79 Å². The summed E-state index contributed by atoms with van der Waals surface area (Å²) in [6.45, 7) is 1.59. The van der Waals surface area contributed by atoms with Gasteiger partial charge in [0.05, 0.1) is 10.6 Å². The zero-order valence-electron chi connectivity index (χ0n) is 11.1. The molecule has 0 radical (unpaired) electrons. The van der Waals surface area contributed by atoms with Crippen molar-refractivity contribution in [2.75, 3.05) is 19.7 Å². The molecule has 6 heteroatoms. The number of piperidine rings is 1. The molecule has 20 heavy (non-hydrogen) atoms. The van der Waals surface area contributed by atoms with E-state index in [0.29, 0.717) is 16.3 Å². The van der Waals surface area contributed by atoms with Crippen molar-refractivity contribution >= 4 is 34.7 Å². The summed E-state index contributed by atoms with van der Waals surface area (Å²) < 4.78 is 5.55. The molecule has 1 amide bonds. The van der Waals surface area contributed by atoms with Crippen LogP contribution in [0.4, 0.5) is 0 Å². The Hall–Kier alpha value is -1.33. The molecule has 1 aliphatic rings. The molecular weight excluding hydrogens is 296 g/mol. The Balaban J connectivity index is 2.02. The van der Waals surface area contributed by atoms with E-state index in [4.69, 9.17) is 34.3 Å². The molecule has 0 unspecified atom stereocenters. The maximum atomic E-state index is 12.0. The van der Waals surface area contributed by atoms with Gasteiger partial charge >= 0.3 is 0 Å². The fourth-order valence-corrected chi connectivity index (χ4v) is 2.77. The highest BCUT2D eigenvalue weighted by molar-refractivity contribution is 7.80. The van der Waals surface area contributed by atoms with Crippen molar-refractivity contribution in [3.05, 3.63) is 28.8 Å². The SMILES string of the molecule is NC(=S)c1c(Cl)cccc1OCC(=O)N1CCCCC1. The third kappa shape index (κ3) is 3.61. The maximum Gasteiger partial charge on any atom is 0.260 e. The van der Waals surface area contributed by atoms with Crippen molar-refractivity contribution in [3.8, 4) is 5.75 Å². The van der Waals surface area contributed by atoms with E-state index in [1.54, 1.807) is 18.2 Å². The highest BCUT2D eigenvalue weighted by Crippen LogP contribution is 2.26. The highest BCUT2D eigenvalue weighted by atomic mass is 35.5. The number of nitrogens with zero attached hydrogens (tertiary/aromatic N) is 1. The Morgan fingerprint density at radius 2 is 2.05 bits per heavy atom. The minimum atomic E-state index is -0.0179. The zero-order chi connectivity index (χ0) is 14.5. The monoisotopic (exact) mass is 312 g/mol. The standard InChI is InChI=1S/C14H17ClN2O2S/c15-10-5-4-6-11(13(10)14(16)20)19-9-12(18)17-7-2-1-3-8-17/h4-6H,1-3,7-9H2,(H2,16,20). The van der Waals surface area contributed by atoms with Crippen molar-refractivity contribution in [1.82, 2.24) is 4.90 Å². The van der Waals surface area contributed by atoms with Gasteiger partial charge in [0.2, 0.25) is 0 Å². The number of rotatable bonds is 4. The van der Waals surface area contributed by atoms with E-state index < -0.39 is 0 Å². The summed E-state index contributed by atoms with van der Waals surface area (Å²) in [5.74, 6) is 0.439. The van der Waals surface area contributed by atoms with Crippen LogP contribution in [0, 0.1) is 0 Å². The summed E-state index contributed by atoms with van der Waals surface area (Å²) in [5.41, 5.74) is 6.12. The number of halogens is 1. The molecule has 0 aromatic heterocycles. The topological polar surface area (TPSA) is 55.6 Å². The molecule has 0 bridgehead atoms. The highest BCUT2D eigenvalue weighted by Gasteiger charge is 2.18. The Bertz CT molecular complexity index is 516. The Labute approximate surface area is 128 Å². The van der Waals surface area contributed by atoms with E-state index in [1.165, 1.54) is 6.42 Å². The number of ether oxygens (including phenoxy) is 1. The summed E-state index contributed by atoms with van der Waals surface area (Å²) >= 11 is 11.0. The van der Waals surface area contributed by atoms with Crippen molar-refractivity contribution in [2.24, 2.45) is 5.73 Å². The predicted molar refractivity (Wildman–Crippen MR) is 83.3 cm³/mol. The molecule has 0 aliphatic carbocycles. The van der Waals surface area contributed by atoms with Crippen molar-refractivity contribution in [2.45, 2.75) is 19.3 Å². The van der Waals surface area contributed by atoms with Crippen LogP contribution in [0.3, 0.4) is 0 Å². The van der Waals surface area contributed by atoms with Crippen LogP contribution in [-0.2, 0) is 4.79 Å². The molecule has 1 aromatic carbocycles. The van der Waals surface area contributed by atoms with Crippen LogP contribution in [0.1, 0.15) is 24.8 Å². The Morgan fingerprint density at radius 1 is 1.35 bits per heavy atom. The number of thiocarbonyl (C=S) groups is 1. The number of benzene rings is 1. The van der Waals surface area contributed by atoms with Crippen molar-refractivity contribution in [3.63, 3.8) is 0 Å². The van der Waals surface area contributed by atoms with Gasteiger partial charge in [0.1, 0.15) is 10.7 Å². The maximum absolute atomic E-state index is 12.0. The van der Waals surface area contributed by atoms with Crippen LogP contribution in [0.5, 0.6) is 5.75 Å². The molecule has 1 saturated heterocycles. The zero-order valence-corrected chi connectivity index (χ0v) is 12.7. The summed E-state index contributed by atoms with van der Waals surface area (Å²) in [5, 5.41) is 0.431. The number of carbonyl (C=O) groups excluding carboxylic acids is 1. The average Bonchev–Trinajstić information content (AvgIpc) is 2.45. The molecule has 2 N–H and O–H groups in total. The summed E-state index contributed by atoms with van der Waals surface area (Å²) in [6, 6.07) is 5.14. The van der Waals surface area contributed by atoms with Gasteiger partial charge in [-0.2, -0.15) is 0 Å². The van der Waals surface area contributed by atoms with Gasteiger partial charge in [-0.1, -0.05) is 29.9 Å². The lowest BCUT2D eigenvalue weighted by atomic mass is 10.1. The first kappa shape index (κ1) is 15.1. The lowest BCUT2D eigenvalue weighted by molar-refractivity contribution is -0.134. The van der Waals surface area contributed by atoms with Gasteiger partial charge in [-0.05, 0) is 31.4 Å². The van der Waals surface area contributed by atoms with Crippen LogP contribution >= 0.6 is 23.8 Å². The first-order valence-electron chi connectivity index (χ1n) is 6.58. The third-order valence-electron chi connectivity index (χ3n) is 3.28. The van der Waals surface area contributed by atoms with Gasteiger partial charge in [0.15, 0.2) is 6.61 Å². The summed E-state index contributed by atoms with van der Waals surface area (Å²) in [7, 11) is 0. The number of nitrogens with two attached hydrogens (primary N) is 1. The average molecular weight is 313 g/mol. The largest absolute Gasteiger partial charge is 0.483 e. The number of likely N-dealkylation sites (tertiary alicyclic amines) is 1. The van der Waals surface area contributed by atoms with Gasteiger partial charge in [-0.25, -0.2) is 0 Å². The molecule has 1 aromatic rings. The fraction of sp³-hybridized carbons (Fsp3) is 0.429. The van der Waals surface area contributed by atoms with E-state index in [1.807, 2.05) is 4.90 Å². The van der Waals surface area contributed by atoms with Gasteiger partial charge < -0.3 is 15.4 Å². The number of carbonyl (C=O) groups is 1. The van der Waals surface area contributed by atoms with Crippen LogP contribution in [-0.4, -0.2) is 35.5 Å². The molecule has 0 spiro atoms. The fourth-order valence-electron chi connectivity index (χ4n) is 2.24. The minimum absolute atomic E-state index is 0.0152. The molecule has 0 atom stereocenters. The Morgan fingerprint density at radius 3 is 2.70 bits per heavy atom. The van der Waals surface area contributed by atoms with Crippen LogP contribution in [0.15, 0.2) is 18.2 Å². The molecule has 2 rings (SSSR count). The summed E-state index contributed by atoms with van der Waals surface area (Å²) in [4.78, 5) is 14.0. The van der Waals surface area contributed by atoms with Crippen LogP contribution in [0.2, 0.25) is 5.02 Å². The summed E-state index contributed by atoms with van der Waals surface area (Å²) in [6.07, 6.45) is 3.30. The lowest BCUT2D eigenvalue weighted by Gasteiger charge is -2.26. The van der Waals surface area contributed by atoms with Crippen LogP contribution < -0.4 is 10.5 Å². The quantitative estimate of drug-likeness (QED) is 0.867. The molecule has 0 saturated carbocycles. The second-order valence-corrected chi connectivity index (χ2v) is 5.55. The molecule has 1 fully saturated rings. The number of amides is 1. The molecule has 4 nitrogen and oxygen atoms in total. The van der Waals surface area contributed by atoms with Gasteiger partial charge in [0.25, 0.3) is 5.91 Å². The molecule has 1 aliphatic heterocycles. The normalized spacial score (nSPS) is 14.9. The second-order valence-electron chi connectivity index (χ2n) is 4.71. The molecular formula is C14H17ClN2O2S. The molecule has 1 heterocycles. The van der Waals surface area contributed by atoms with E-state index in [0.717, 1.165) is 25.9 Å². The van der Waals surface area contributed by atoms with E-state index in [2.05, 4.69) is 0 Å². The molecule has 108 valence electrons. The predicted octanol–water partition coefficient (Wildman–Crippen LogP) is 2.37. The van der Waals surface area contributed by atoms with Crippen LogP contribution in [0.25, 0.3) is 0 Å². The van der Waals surface area contributed by atoms with E-state index >= 15 is 0 Å². The van der Waals surface area contributed by atoms with Crippen molar-refractivity contribution < 1.29 is 9.53 Å². The first-order valence-corrected chi connectivity index (χ1v) is 7.37. The smallest absolute Gasteiger partial charge is 0.260 e. The van der Waals surface area contributed by atoms with E-state index in [-0.39, 0.29) is 17.5 Å².